The number of rotatable bonds is 6. The minimum atomic E-state index is -0.260. The first-order valence-corrected chi connectivity index (χ1v) is 8.20. The Balaban J connectivity index is 1.55. The molecule has 0 unspecified atom stereocenters. The lowest BCUT2D eigenvalue weighted by Crippen LogP contribution is -2.20. The number of ether oxygens (including phenoxy) is 1. The van der Waals surface area contributed by atoms with Crippen LogP contribution in [0, 0.1) is 0 Å². The van der Waals surface area contributed by atoms with E-state index in [4.69, 9.17) is 20.9 Å². The van der Waals surface area contributed by atoms with Crippen LogP contribution in [-0.4, -0.2) is 23.2 Å². The van der Waals surface area contributed by atoms with E-state index in [0.29, 0.717) is 16.7 Å². The summed E-state index contributed by atoms with van der Waals surface area (Å²) in [4.78, 5) is 16.1. The number of amides is 1. The predicted molar refractivity (Wildman–Crippen MR) is 98.6 cm³/mol. The molecule has 0 saturated carbocycles. The fourth-order valence-electron chi connectivity index (χ4n) is 2.15. The SMILES string of the molecule is COc1ccc(-c2noc(CNC(=O)/C=C/c3ccc(Cl)cc3)n2)cc1. The van der Waals surface area contributed by atoms with Gasteiger partial charge >= 0.3 is 0 Å². The summed E-state index contributed by atoms with van der Waals surface area (Å²) in [5, 5.41) is 7.26. The van der Waals surface area contributed by atoms with Gasteiger partial charge in [-0.1, -0.05) is 28.9 Å². The highest BCUT2D eigenvalue weighted by Crippen LogP contribution is 2.19. The number of nitrogens with one attached hydrogen (secondary N) is 1. The Morgan fingerprint density at radius 2 is 1.92 bits per heavy atom. The van der Waals surface area contributed by atoms with Crippen molar-refractivity contribution in [3.05, 3.63) is 71.1 Å². The third-order valence-corrected chi connectivity index (χ3v) is 3.78. The maximum Gasteiger partial charge on any atom is 0.246 e. The van der Waals surface area contributed by atoms with Crippen molar-refractivity contribution in [2.24, 2.45) is 0 Å². The highest BCUT2D eigenvalue weighted by atomic mass is 35.5. The fraction of sp³-hybridized carbons (Fsp3) is 0.105. The van der Waals surface area contributed by atoms with Gasteiger partial charge in [-0.2, -0.15) is 4.98 Å². The molecule has 3 rings (SSSR count). The average Bonchev–Trinajstić information content (AvgIpc) is 3.15. The zero-order chi connectivity index (χ0) is 18.4. The van der Waals surface area contributed by atoms with E-state index < -0.39 is 0 Å². The van der Waals surface area contributed by atoms with Crippen LogP contribution in [0.4, 0.5) is 0 Å². The molecule has 0 spiro atoms. The Morgan fingerprint density at radius 1 is 1.19 bits per heavy atom. The summed E-state index contributed by atoms with van der Waals surface area (Å²) in [5.74, 6) is 1.26. The first-order valence-electron chi connectivity index (χ1n) is 7.82. The van der Waals surface area contributed by atoms with Gasteiger partial charge in [0.2, 0.25) is 17.6 Å². The predicted octanol–water partition coefficient (Wildman–Crippen LogP) is 3.73. The zero-order valence-corrected chi connectivity index (χ0v) is 14.7. The maximum absolute atomic E-state index is 11.9. The molecule has 0 aliphatic rings. The minimum Gasteiger partial charge on any atom is -0.497 e. The lowest BCUT2D eigenvalue weighted by molar-refractivity contribution is -0.116. The number of benzene rings is 2. The molecule has 1 amide bonds. The molecule has 132 valence electrons. The first-order chi connectivity index (χ1) is 12.6. The van der Waals surface area contributed by atoms with Crippen LogP contribution < -0.4 is 10.1 Å². The molecule has 1 aromatic heterocycles. The lowest BCUT2D eigenvalue weighted by Gasteiger charge is -1.99. The average molecular weight is 370 g/mol. The van der Waals surface area contributed by atoms with E-state index >= 15 is 0 Å². The monoisotopic (exact) mass is 369 g/mol. The van der Waals surface area contributed by atoms with Crippen LogP contribution in [-0.2, 0) is 11.3 Å². The van der Waals surface area contributed by atoms with Gasteiger partial charge in [0.05, 0.1) is 13.7 Å². The van der Waals surface area contributed by atoms with Gasteiger partial charge < -0.3 is 14.6 Å². The molecule has 1 heterocycles. The van der Waals surface area contributed by atoms with Crippen molar-refractivity contribution >= 4 is 23.6 Å². The second-order valence-electron chi connectivity index (χ2n) is 5.34. The van der Waals surface area contributed by atoms with Crippen LogP contribution in [0.1, 0.15) is 11.5 Å². The summed E-state index contributed by atoms with van der Waals surface area (Å²) in [7, 11) is 1.60. The van der Waals surface area contributed by atoms with Crippen LogP contribution in [0.3, 0.4) is 0 Å². The Labute approximate surface area is 155 Å². The molecule has 0 fully saturated rings. The first kappa shape index (κ1) is 17.7. The summed E-state index contributed by atoms with van der Waals surface area (Å²) in [6.07, 6.45) is 3.13. The highest BCUT2D eigenvalue weighted by Gasteiger charge is 2.09. The molecule has 2 aromatic carbocycles. The van der Waals surface area contributed by atoms with E-state index in [-0.39, 0.29) is 12.5 Å². The normalized spacial score (nSPS) is 10.8. The third kappa shape index (κ3) is 4.70. The van der Waals surface area contributed by atoms with E-state index in [1.807, 2.05) is 36.4 Å². The van der Waals surface area contributed by atoms with Crippen molar-refractivity contribution in [3.63, 3.8) is 0 Å². The summed E-state index contributed by atoms with van der Waals surface area (Å²) in [5.41, 5.74) is 1.68. The fourth-order valence-corrected chi connectivity index (χ4v) is 2.28. The molecule has 0 saturated heterocycles. The van der Waals surface area contributed by atoms with Crippen LogP contribution in [0.25, 0.3) is 17.5 Å². The number of methoxy groups -OCH3 is 1. The van der Waals surface area contributed by atoms with Crippen LogP contribution in [0.5, 0.6) is 5.75 Å². The molecule has 6 nitrogen and oxygen atoms in total. The number of aromatic nitrogens is 2. The molecule has 0 bridgehead atoms. The molecule has 0 aliphatic carbocycles. The number of carbonyl (C=O) groups is 1. The smallest absolute Gasteiger partial charge is 0.246 e. The summed E-state index contributed by atoms with van der Waals surface area (Å²) < 4.78 is 10.3. The molecular weight excluding hydrogens is 354 g/mol. The number of carbonyl (C=O) groups excluding carboxylic acids is 1. The molecule has 1 N–H and O–H groups in total. The molecule has 0 atom stereocenters. The molecule has 0 aliphatic heterocycles. The van der Waals surface area contributed by atoms with Gasteiger partial charge in [0.25, 0.3) is 0 Å². The lowest BCUT2D eigenvalue weighted by atomic mass is 10.2. The molecule has 0 radical (unpaired) electrons. The van der Waals surface area contributed by atoms with Crippen molar-refractivity contribution in [3.8, 4) is 17.1 Å². The summed E-state index contributed by atoms with van der Waals surface area (Å²) >= 11 is 5.82. The Morgan fingerprint density at radius 3 is 2.62 bits per heavy atom. The van der Waals surface area contributed by atoms with Gasteiger partial charge in [-0.15, -0.1) is 0 Å². The molecular formula is C19H16ClN3O3. The quantitative estimate of drug-likeness (QED) is 0.670. The van der Waals surface area contributed by atoms with E-state index in [0.717, 1.165) is 16.9 Å². The number of nitrogens with zero attached hydrogens (tertiary/aromatic N) is 2. The van der Waals surface area contributed by atoms with Crippen molar-refractivity contribution in [1.82, 2.24) is 15.5 Å². The maximum atomic E-state index is 11.9. The van der Waals surface area contributed by atoms with E-state index in [1.165, 1.54) is 6.08 Å². The number of halogens is 1. The molecule has 7 heteroatoms. The standard InChI is InChI=1S/C19H16ClN3O3/c1-25-16-9-5-14(6-10-16)19-22-18(26-23-19)12-21-17(24)11-4-13-2-7-15(20)8-3-13/h2-11H,12H2,1H3,(H,21,24)/b11-4+. The van der Waals surface area contributed by atoms with Gasteiger partial charge in [-0.3, -0.25) is 4.79 Å². The van der Waals surface area contributed by atoms with Crippen molar-refractivity contribution in [2.45, 2.75) is 6.54 Å². The van der Waals surface area contributed by atoms with Crippen molar-refractivity contribution in [2.75, 3.05) is 7.11 Å². The Kier molecular flexibility index (Phi) is 5.66. The Hall–Kier alpha value is -3.12. The van der Waals surface area contributed by atoms with Crippen LogP contribution in [0.2, 0.25) is 5.02 Å². The zero-order valence-electron chi connectivity index (χ0n) is 14.0. The third-order valence-electron chi connectivity index (χ3n) is 3.53. The largest absolute Gasteiger partial charge is 0.497 e. The topological polar surface area (TPSA) is 77.3 Å². The Bertz CT molecular complexity index is 903. The van der Waals surface area contributed by atoms with E-state index in [2.05, 4.69) is 15.5 Å². The summed E-state index contributed by atoms with van der Waals surface area (Å²) in [6.45, 7) is 0.146. The van der Waals surface area contributed by atoms with Crippen LogP contribution >= 0.6 is 11.6 Å². The highest BCUT2D eigenvalue weighted by molar-refractivity contribution is 6.30. The molecule has 3 aromatic rings. The van der Waals surface area contributed by atoms with Gasteiger partial charge in [0.1, 0.15) is 5.75 Å². The second kappa shape index (κ2) is 8.31. The molecule has 26 heavy (non-hydrogen) atoms. The second-order valence-corrected chi connectivity index (χ2v) is 5.78. The van der Waals surface area contributed by atoms with E-state index in [1.54, 1.807) is 25.3 Å². The number of hydrogen-bond acceptors (Lipinski definition) is 5. The van der Waals surface area contributed by atoms with Gasteiger partial charge in [0, 0.05) is 16.7 Å². The van der Waals surface area contributed by atoms with Crippen molar-refractivity contribution < 1.29 is 14.1 Å². The van der Waals surface area contributed by atoms with Crippen molar-refractivity contribution in [1.29, 1.82) is 0 Å². The minimum absolute atomic E-state index is 0.146. The van der Waals surface area contributed by atoms with Crippen LogP contribution in [0.15, 0.2) is 59.1 Å². The van der Waals surface area contributed by atoms with Gasteiger partial charge in [-0.25, -0.2) is 0 Å². The number of hydrogen-bond donors (Lipinski definition) is 1. The summed E-state index contributed by atoms with van der Waals surface area (Å²) in [6, 6.07) is 14.5. The van der Waals surface area contributed by atoms with E-state index in [9.17, 15) is 4.79 Å². The van der Waals surface area contributed by atoms with Gasteiger partial charge in [-0.05, 0) is 48.0 Å². The van der Waals surface area contributed by atoms with Gasteiger partial charge in [0.15, 0.2) is 0 Å².